The van der Waals surface area contributed by atoms with Crippen molar-refractivity contribution in [2.24, 2.45) is 5.73 Å². The van der Waals surface area contributed by atoms with Crippen LogP contribution in [0.1, 0.15) is 21.9 Å². The lowest BCUT2D eigenvalue weighted by atomic mass is 10.3. The molecule has 0 bridgehead atoms. The second kappa shape index (κ2) is 4.37. The van der Waals surface area contributed by atoms with E-state index in [0.717, 1.165) is 5.69 Å². The van der Waals surface area contributed by atoms with Crippen molar-refractivity contribution in [3.05, 3.63) is 28.0 Å². The minimum atomic E-state index is -1.12. The van der Waals surface area contributed by atoms with Crippen LogP contribution in [0.4, 0.5) is 0 Å². The van der Waals surface area contributed by atoms with Crippen LogP contribution in [0.5, 0.6) is 0 Å². The number of thiazole rings is 1. The van der Waals surface area contributed by atoms with Crippen molar-refractivity contribution >= 4 is 17.3 Å². The monoisotopic (exact) mass is 239 g/mol. The first kappa shape index (κ1) is 10.7. The minimum Gasteiger partial charge on any atom is -0.476 e. The van der Waals surface area contributed by atoms with Crippen molar-refractivity contribution < 1.29 is 9.90 Å². The summed E-state index contributed by atoms with van der Waals surface area (Å²) >= 11 is 1.47. The van der Waals surface area contributed by atoms with E-state index in [1.165, 1.54) is 16.0 Å². The fraction of sp³-hybridized carbons (Fsp3) is 0.250. The van der Waals surface area contributed by atoms with Crippen LogP contribution in [0.2, 0.25) is 0 Å². The van der Waals surface area contributed by atoms with Gasteiger partial charge in [-0.2, -0.15) is 0 Å². The molecule has 0 atom stereocenters. The molecule has 16 heavy (non-hydrogen) atoms. The zero-order chi connectivity index (χ0) is 11.5. The molecule has 2 aromatic heterocycles. The summed E-state index contributed by atoms with van der Waals surface area (Å²) in [5.74, 6) is -1.12. The molecule has 0 amide bonds. The highest BCUT2D eigenvalue weighted by Crippen LogP contribution is 2.08. The zero-order valence-corrected chi connectivity index (χ0v) is 9.02. The van der Waals surface area contributed by atoms with Gasteiger partial charge < -0.3 is 10.8 Å². The Labute approximate surface area is 94.5 Å². The Kier molecular flexibility index (Phi) is 2.93. The smallest absolute Gasteiger partial charge is 0.358 e. The molecule has 2 aromatic rings. The van der Waals surface area contributed by atoms with Gasteiger partial charge in [-0.1, -0.05) is 5.21 Å². The molecule has 2 rings (SSSR count). The Morgan fingerprint density at radius 2 is 2.44 bits per heavy atom. The Morgan fingerprint density at radius 1 is 1.62 bits per heavy atom. The van der Waals surface area contributed by atoms with Gasteiger partial charge in [0.15, 0.2) is 5.69 Å². The highest BCUT2D eigenvalue weighted by atomic mass is 32.1. The molecule has 0 aliphatic carbocycles. The fourth-order valence-corrected chi connectivity index (χ4v) is 1.85. The topological polar surface area (TPSA) is 107 Å². The summed E-state index contributed by atoms with van der Waals surface area (Å²) < 4.78 is 1.46. The van der Waals surface area contributed by atoms with Gasteiger partial charge in [-0.25, -0.2) is 14.5 Å². The third kappa shape index (κ3) is 1.92. The maximum atomic E-state index is 10.8. The first-order valence-corrected chi connectivity index (χ1v) is 5.39. The van der Waals surface area contributed by atoms with Gasteiger partial charge in [0, 0.05) is 11.9 Å². The number of nitrogens with zero attached hydrogens (tertiary/aromatic N) is 4. The van der Waals surface area contributed by atoms with Crippen LogP contribution >= 0.6 is 11.3 Å². The molecule has 0 aromatic carbocycles. The van der Waals surface area contributed by atoms with Crippen molar-refractivity contribution in [2.75, 3.05) is 0 Å². The second-order valence-electron chi connectivity index (χ2n) is 3.03. The van der Waals surface area contributed by atoms with Crippen LogP contribution in [-0.4, -0.2) is 31.1 Å². The molecule has 0 radical (unpaired) electrons. The molecule has 7 nitrogen and oxygen atoms in total. The quantitative estimate of drug-likeness (QED) is 0.774. The van der Waals surface area contributed by atoms with Crippen LogP contribution in [-0.2, 0) is 13.1 Å². The first-order chi connectivity index (χ1) is 7.72. The average molecular weight is 239 g/mol. The lowest BCUT2D eigenvalue weighted by Crippen LogP contribution is -2.13. The lowest BCUT2D eigenvalue weighted by molar-refractivity contribution is 0.0689. The van der Waals surface area contributed by atoms with Crippen LogP contribution < -0.4 is 5.73 Å². The van der Waals surface area contributed by atoms with Crippen LogP contribution in [0.3, 0.4) is 0 Å². The summed E-state index contributed by atoms with van der Waals surface area (Å²) in [5, 5.41) is 18.0. The van der Waals surface area contributed by atoms with Crippen molar-refractivity contribution in [1.82, 2.24) is 20.0 Å². The largest absolute Gasteiger partial charge is 0.476 e. The van der Waals surface area contributed by atoms with Crippen molar-refractivity contribution in [3.63, 3.8) is 0 Å². The van der Waals surface area contributed by atoms with E-state index in [-0.39, 0.29) is 12.2 Å². The average Bonchev–Trinajstić information content (AvgIpc) is 2.87. The van der Waals surface area contributed by atoms with Gasteiger partial charge in [0.2, 0.25) is 0 Å². The number of rotatable bonds is 4. The van der Waals surface area contributed by atoms with E-state index in [2.05, 4.69) is 15.3 Å². The predicted molar refractivity (Wildman–Crippen MR) is 56.1 cm³/mol. The molecule has 0 saturated carbocycles. The lowest BCUT2D eigenvalue weighted by Gasteiger charge is -2.02. The highest BCUT2D eigenvalue weighted by Gasteiger charge is 2.17. The molecular formula is C8H9N5O2S. The van der Waals surface area contributed by atoms with E-state index in [4.69, 9.17) is 10.8 Å². The number of hydrogen-bond acceptors (Lipinski definition) is 6. The fourth-order valence-electron chi connectivity index (χ4n) is 1.30. The van der Waals surface area contributed by atoms with E-state index in [1.54, 1.807) is 5.51 Å². The Bertz CT molecular complexity index is 493. The van der Waals surface area contributed by atoms with Gasteiger partial charge in [0.25, 0.3) is 0 Å². The molecular weight excluding hydrogens is 230 g/mol. The molecule has 0 saturated heterocycles. The summed E-state index contributed by atoms with van der Waals surface area (Å²) in [6.45, 7) is 0.467. The van der Waals surface area contributed by atoms with Gasteiger partial charge in [0.05, 0.1) is 23.4 Å². The predicted octanol–water partition coefficient (Wildman–Crippen LogP) is -0.0602. The second-order valence-corrected chi connectivity index (χ2v) is 3.75. The Balaban J connectivity index is 2.31. The number of carboxylic acids is 1. The summed E-state index contributed by atoms with van der Waals surface area (Å²) in [7, 11) is 0. The summed E-state index contributed by atoms with van der Waals surface area (Å²) in [4.78, 5) is 14.9. The minimum absolute atomic E-state index is 0.0821. The number of carboxylic acid groups (broad SMARTS) is 1. The highest BCUT2D eigenvalue weighted by molar-refractivity contribution is 7.07. The molecule has 2 heterocycles. The van der Waals surface area contributed by atoms with E-state index in [0.29, 0.717) is 12.2 Å². The number of carbonyl (C=O) groups is 1. The van der Waals surface area contributed by atoms with Gasteiger partial charge in [0.1, 0.15) is 0 Å². The molecule has 3 N–H and O–H groups in total. The molecule has 0 aliphatic rings. The van der Waals surface area contributed by atoms with Crippen molar-refractivity contribution in [3.8, 4) is 0 Å². The SMILES string of the molecule is NCc1c(C(=O)O)nnn1Cc1cscn1. The van der Waals surface area contributed by atoms with Crippen molar-refractivity contribution in [2.45, 2.75) is 13.1 Å². The summed E-state index contributed by atoms with van der Waals surface area (Å²) in [6.07, 6.45) is 0. The first-order valence-electron chi connectivity index (χ1n) is 4.45. The number of nitrogens with two attached hydrogens (primary N) is 1. The maximum Gasteiger partial charge on any atom is 0.358 e. The summed E-state index contributed by atoms with van der Waals surface area (Å²) in [5.41, 5.74) is 8.29. The Morgan fingerprint density at radius 3 is 3.00 bits per heavy atom. The third-order valence-corrected chi connectivity index (χ3v) is 2.66. The van der Waals surface area contributed by atoms with E-state index in [9.17, 15) is 4.79 Å². The molecule has 0 aliphatic heterocycles. The zero-order valence-electron chi connectivity index (χ0n) is 8.20. The normalized spacial score (nSPS) is 10.6. The Hall–Kier alpha value is -1.80. The van der Waals surface area contributed by atoms with Crippen LogP contribution in [0.25, 0.3) is 0 Å². The van der Waals surface area contributed by atoms with E-state index in [1.807, 2.05) is 5.38 Å². The molecule has 0 fully saturated rings. The summed E-state index contributed by atoms with van der Waals surface area (Å²) in [6, 6.07) is 0. The van der Waals surface area contributed by atoms with E-state index < -0.39 is 5.97 Å². The maximum absolute atomic E-state index is 10.8. The number of aromatic nitrogens is 4. The molecule has 8 heteroatoms. The third-order valence-electron chi connectivity index (χ3n) is 2.03. The van der Waals surface area contributed by atoms with Gasteiger partial charge in [-0.05, 0) is 0 Å². The standard InChI is InChI=1S/C8H9N5O2S/c9-1-6-7(8(14)15)11-12-13(6)2-5-3-16-4-10-5/h3-4H,1-2,9H2,(H,14,15). The van der Waals surface area contributed by atoms with E-state index >= 15 is 0 Å². The number of aromatic carboxylic acids is 1. The molecule has 84 valence electrons. The van der Waals surface area contributed by atoms with Crippen LogP contribution in [0.15, 0.2) is 10.9 Å². The van der Waals surface area contributed by atoms with Crippen molar-refractivity contribution in [1.29, 1.82) is 0 Å². The van der Waals surface area contributed by atoms with Gasteiger partial charge in [-0.15, -0.1) is 16.4 Å². The molecule has 0 spiro atoms. The number of hydrogen-bond donors (Lipinski definition) is 2. The van der Waals surface area contributed by atoms with Crippen LogP contribution in [0, 0.1) is 0 Å². The molecule has 0 unspecified atom stereocenters. The van der Waals surface area contributed by atoms with Gasteiger partial charge in [-0.3, -0.25) is 0 Å². The van der Waals surface area contributed by atoms with Gasteiger partial charge >= 0.3 is 5.97 Å².